The molecule has 0 spiro atoms. The van der Waals surface area contributed by atoms with Crippen molar-refractivity contribution >= 4 is 0 Å². The van der Waals surface area contributed by atoms with E-state index >= 15 is 0 Å². The third-order valence-electron chi connectivity index (χ3n) is 3.83. The first-order valence-electron chi connectivity index (χ1n) is 7.00. The molecule has 0 aromatic carbocycles. The SMILES string of the molecule is CNC(CCCC1CCCO1)c1ccncc1C. The first kappa shape index (κ1) is 13.5. The minimum absolute atomic E-state index is 0.439. The molecular formula is C15H24N2O. The van der Waals surface area contributed by atoms with E-state index in [1.165, 1.54) is 43.2 Å². The largest absolute Gasteiger partial charge is 0.378 e. The molecule has 2 heterocycles. The number of aromatic nitrogens is 1. The summed E-state index contributed by atoms with van der Waals surface area (Å²) in [5, 5.41) is 3.42. The van der Waals surface area contributed by atoms with E-state index in [1.807, 2.05) is 19.4 Å². The van der Waals surface area contributed by atoms with E-state index in [0.717, 1.165) is 6.61 Å². The second-order valence-corrected chi connectivity index (χ2v) is 5.14. The van der Waals surface area contributed by atoms with Gasteiger partial charge in [-0.2, -0.15) is 0 Å². The lowest BCUT2D eigenvalue weighted by Crippen LogP contribution is -2.18. The maximum atomic E-state index is 5.67. The van der Waals surface area contributed by atoms with Gasteiger partial charge in [-0.1, -0.05) is 0 Å². The quantitative estimate of drug-likeness (QED) is 0.840. The normalized spacial score (nSPS) is 21.1. The highest BCUT2D eigenvalue weighted by atomic mass is 16.5. The fraction of sp³-hybridized carbons (Fsp3) is 0.667. The van der Waals surface area contributed by atoms with Crippen molar-refractivity contribution in [3.05, 3.63) is 29.6 Å². The third kappa shape index (κ3) is 3.53. The number of ether oxygens (including phenoxy) is 1. The molecule has 18 heavy (non-hydrogen) atoms. The molecule has 0 radical (unpaired) electrons. The zero-order chi connectivity index (χ0) is 12.8. The van der Waals surface area contributed by atoms with Crippen molar-refractivity contribution in [1.82, 2.24) is 10.3 Å². The number of nitrogens with zero attached hydrogens (tertiary/aromatic N) is 1. The molecule has 1 aromatic heterocycles. The smallest absolute Gasteiger partial charge is 0.0576 e. The van der Waals surface area contributed by atoms with E-state index in [-0.39, 0.29) is 0 Å². The monoisotopic (exact) mass is 248 g/mol. The Hall–Kier alpha value is -0.930. The van der Waals surface area contributed by atoms with Crippen LogP contribution in [-0.4, -0.2) is 24.7 Å². The summed E-state index contributed by atoms with van der Waals surface area (Å²) in [7, 11) is 2.04. The van der Waals surface area contributed by atoms with E-state index in [0.29, 0.717) is 12.1 Å². The van der Waals surface area contributed by atoms with Crippen LogP contribution in [0.15, 0.2) is 18.5 Å². The first-order chi connectivity index (χ1) is 8.81. The van der Waals surface area contributed by atoms with Crippen molar-refractivity contribution in [2.75, 3.05) is 13.7 Å². The predicted molar refractivity (Wildman–Crippen MR) is 73.6 cm³/mol. The van der Waals surface area contributed by atoms with Crippen LogP contribution >= 0.6 is 0 Å². The van der Waals surface area contributed by atoms with Crippen LogP contribution in [0.1, 0.15) is 49.3 Å². The van der Waals surface area contributed by atoms with E-state index in [2.05, 4.69) is 23.3 Å². The summed E-state index contributed by atoms with van der Waals surface area (Å²) < 4.78 is 5.67. The van der Waals surface area contributed by atoms with E-state index in [4.69, 9.17) is 4.74 Å². The maximum Gasteiger partial charge on any atom is 0.0576 e. The highest BCUT2D eigenvalue weighted by molar-refractivity contribution is 5.25. The van der Waals surface area contributed by atoms with Crippen molar-refractivity contribution in [2.24, 2.45) is 0 Å². The number of hydrogen-bond acceptors (Lipinski definition) is 3. The van der Waals surface area contributed by atoms with Crippen molar-refractivity contribution < 1.29 is 4.74 Å². The van der Waals surface area contributed by atoms with Crippen LogP contribution in [0.3, 0.4) is 0 Å². The van der Waals surface area contributed by atoms with Crippen LogP contribution in [0.5, 0.6) is 0 Å². The summed E-state index contributed by atoms with van der Waals surface area (Å²) in [5.74, 6) is 0. The summed E-state index contributed by atoms with van der Waals surface area (Å²) >= 11 is 0. The van der Waals surface area contributed by atoms with Gasteiger partial charge >= 0.3 is 0 Å². The molecule has 1 fully saturated rings. The molecule has 1 aliphatic rings. The fourth-order valence-corrected chi connectivity index (χ4v) is 2.75. The Morgan fingerprint density at radius 1 is 1.56 bits per heavy atom. The minimum atomic E-state index is 0.439. The number of hydrogen-bond donors (Lipinski definition) is 1. The highest BCUT2D eigenvalue weighted by Gasteiger charge is 2.17. The zero-order valence-corrected chi connectivity index (χ0v) is 11.5. The van der Waals surface area contributed by atoms with Crippen molar-refractivity contribution in [2.45, 2.75) is 51.2 Å². The molecule has 3 heteroatoms. The summed E-state index contributed by atoms with van der Waals surface area (Å²) in [5.41, 5.74) is 2.65. The zero-order valence-electron chi connectivity index (χ0n) is 11.5. The van der Waals surface area contributed by atoms with Crippen molar-refractivity contribution in [1.29, 1.82) is 0 Å². The lowest BCUT2D eigenvalue weighted by molar-refractivity contribution is 0.101. The molecule has 0 saturated carbocycles. The fourth-order valence-electron chi connectivity index (χ4n) is 2.75. The molecule has 0 bridgehead atoms. The van der Waals surface area contributed by atoms with Crippen LogP contribution in [0, 0.1) is 6.92 Å². The van der Waals surface area contributed by atoms with Gasteiger partial charge in [0.15, 0.2) is 0 Å². The number of rotatable bonds is 6. The second kappa shape index (κ2) is 6.86. The van der Waals surface area contributed by atoms with Crippen LogP contribution in [0.4, 0.5) is 0 Å². The highest BCUT2D eigenvalue weighted by Crippen LogP contribution is 2.24. The van der Waals surface area contributed by atoms with E-state index in [9.17, 15) is 0 Å². The predicted octanol–water partition coefficient (Wildman–Crippen LogP) is 3.00. The van der Waals surface area contributed by atoms with Crippen LogP contribution in [0.25, 0.3) is 0 Å². The van der Waals surface area contributed by atoms with Crippen LogP contribution in [-0.2, 0) is 4.74 Å². The Balaban J connectivity index is 1.83. The Labute approximate surface area is 110 Å². The molecule has 100 valence electrons. The summed E-state index contributed by atoms with van der Waals surface area (Å²) in [6.07, 6.45) is 10.4. The van der Waals surface area contributed by atoms with Crippen LogP contribution < -0.4 is 5.32 Å². The lowest BCUT2D eigenvalue weighted by atomic mass is 9.97. The van der Waals surface area contributed by atoms with Gasteiger partial charge in [-0.05, 0) is 63.3 Å². The van der Waals surface area contributed by atoms with Gasteiger partial charge in [-0.15, -0.1) is 0 Å². The summed E-state index contributed by atoms with van der Waals surface area (Å²) in [4.78, 5) is 4.16. The number of nitrogens with one attached hydrogen (secondary N) is 1. The molecule has 2 atom stereocenters. The average Bonchev–Trinajstić information content (AvgIpc) is 2.89. The molecule has 0 aliphatic carbocycles. The Bertz CT molecular complexity index is 361. The third-order valence-corrected chi connectivity index (χ3v) is 3.83. The van der Waals surface area contributed by atoms with Gasteiger partial charge in [-0.3, -0.25) is 4.98 Å². The summed E-state index contributed by atoms with van der Waals surface area (Å²) in [6.45, 7) is 3.09. The van der Waals surface area contributed by atoms with Gasteiger partial charge in [0.1, 0.15) is 0 Å². The lowest BCUT2D eigenvalue weighted by Gasteiger charge is -2.19. The topological polar surface area (TPSA) is 34.1 Å². The summed E-state index contributed by atoms with van der Waals surface area (Å²) in [6, 6.07) is 2.57. The Morgan fingerprint density at radius 3 is 3.11 bits per heavy atom. The number of pyridine rings is 1. The van der Waals surface area contributed by atoms with Gasteiger partial charge in [0, 0.05) is 25.0 Å². The minimum Gasteiger partial charge on any atom is -0.378 e. The van der Waals surface area contributed by atoms with Gasteiger partial charge in [0.2, 0.25) is 0 Å². The van der Waals surface area contributed by atoms with Gasteiger partial charge in [0.25, 0.3) is 0 Å². The molecule has 1 aromatic rings. The molecule has 3 nitrogen and oxygen atoms in total. The molecule has 1 saturated heterocycles. The maximum absolute atomic E-state index is 5.67. The Morgan fingerprint density at radius 2 is 2.44 bits per heavy atom. The second-order valence-electron chi connectivity index (χ2n) is 5.14. The van der Waals surface area contributed by atoms with Gasteiger partial charge < -0.3 is 10.1 Å². The molecule has 2 rings (SSSR count). The van der Waals surface area contributed by atoms with E-state index < -0.39 is 0 Å². The molecular weight excluding hydrogens is 224 g/mol. The van der Waals surface area contributed by atoms with Crippen molar-refractivity contribution in [3.8, 4) is 0 Å². The van der Waals surface area contributed by atoms with Crippen LogP contribution in [0.2, 0.25) is 0 Å². The molecule has 0 amide bonds. The molecule has 2 unspecified atom stereocenters. The Kier molecular flexibility index (Phi) is 5.14. The standard InChI is InChI=1S/C15H24N2O/c1-12-11-17-9-8-14(12)15(16-2)7-3-5-13-6-4-10-18-13/h8-9,11,13,15-16H,3-7,10H2,1-2H3. The first-order valence-corrected chi connectivity index (χ1v) is 7.00. The van der Waals surface area contributed by atoms with Gasteiger partial charge in [-0.25, -0.2) is 0 Å². The number of aryl methyl sites for hydroxylation is 1. The van der Waals surface area contributed by atoms with E-state index in [1.54, 1.807) is 0 Å². The van der Waals surface area contributed by atoms with Gasteiger partial charge in [0.05, 0.1) is 6.10 Å². The molecule has 1 N–H and O–H groups in total. The average molecular weight is 248 g/mol. The molecule has 1 aliphatic heterocycles. The van der Waals surface area contributed by atoms with Crippen molar-refractivity contribution in [3.63, 3.8) is 0 Å².